The summed E-state index contributed by atoms with van der Waals surface area (Å²) in [5.74, 6) is 1.04. The molecule has 0 unspecified atom stereocenters. The van der Waals surface area contributed by atoms with Crippen molar-refractivity contribution >= 4 is 21.7 Å². The van der Waals surface area contributed by atoms with Crippen LogP contribution in [0.1, 0.15) is 19.4 Å². The molecule has 0 aromatic carbocycles. The molecule has 2 rings (SSSR count). The van der Waals surface area contributed by atoms with Crippen LogP contribution in [0.5, 0.6) is 0 Å². The first kappa shape index (κ1) is 11.9. The number of halogens is 1. The summed E-state index contributed by atoms with van der Waals surface area (Å²) in [4.78, 5) is 6.73. The lowest BCUT2D eigenvalue weighted by Gasteiger charge is -2.38. The number of rotatable bonds is 1. The minimum absolute atomic E-state index is 0.0824. The molecule has 0 aliphatic carbocycles. The van der Waals surface area contributed by atoms with E-state index in [1.807, 2.05) is 6.20 Å². The van der Waals surface area contributed by atoms with E-state index in [2.05, 4.69) is 52.7 Å². The second-order valence-corrected chi connectivity index (χ2v) is 5.68. The highest BCUT2D eigenvalue weighted by molar-refractivity contribution is 9.10. The highest BCUT2D eigenvalue weighted by Crippen LogP contribution is 2.24. The SMILES string of the molecule is Cc1cc(N2CCOC(C)(C)C2)ncc1Br. The molecule has 3 nitrogen and oxygen atoms in total. The average molecular weight is 285 g/mol. The second-order valence-electron chi connectivity index (χ2n) is 4.82. The lowest BCUT2D eigenvalue weighted by Crippen LogP contribution is -2.48. The number of morpholine rings is 1. The van der Waals surface area contributed by atoms with Crippen molar-refractivity contribution in [2.24, 2.45) is 0 Å². The van der Waals surface area contributed by atoms with Crippen molar-refractivity contribution in [2.45, 2.75) is 26.4 Å². The summed E-state index contributed by atoms with van der Waals surface area (Å²) in [6.45, 7) is 8.89. The molecule has 16 heavy (non-hydrogen) atoms. The molecular weight excluding hydrogens is 268 g/mol. The Labute approximate surface area is 105 Å². The van der Waals surface area contributed by atoms with E-state index in [0.717, 1.165) is 30.0 Å². The lowest BCUT2D eigenvalue weighted by atomic mass is 10.1. The van der Waals surface area contributed by atoms with Gasteiger partial charge in [0.25, 0.3) is 0 Å². The Balaban J connectivity index is 2.20. The fourth-order valence-corrected chi connectivity index (χ4v) is 2.13. The number of aromatic nitrogens is 1. The molecule has 0 spiro atoms. The van der Waals surface area contributed by atoms with E-state index in [1.165, 1.54) is 5.56 Å². The summed E-state index contributed by atoms with van der Waals surface area (Å²) >= 11 is 3.47. The average Bonchev–Trinajstić information content (AvgIpc) is 2.20. The summed E-state index contributed by atoms with van der Waals surface area (Å²) in [5.41, 5.74) is 1.13. The predicted molar refractivity (Wildman–Crippen MR) is 68.9 cm³/mol. The number of hydrogen-bond acceptors (Lipinski definition) is 3. The fourth-order valence-electron chi connectivity index (χ4n) is 1.91. The zero-order valence-corrected chi connectivity index (χ0v) is 11.5. The largest absolute Gasteiger partial charge is 0.372 e. The maximum Gasteiger partial charge on any atom is 0.128 e. The van der Waals surface area contributed by atoms with Crippen molar-refractivity contribution in [1.82, 2.24) is 4.98 Å². The number of ether oxygens (including phenoxy) is 1. The Morgan fingerprint density at radius 1 is 1.50 bits per heavy atom. The summed E-state index contributed by atoms with van der Waals surface area (Å²) in [7, 11) is 0. The van der Waals surface area contributed by atoms with Crippen molar-refractivity contribution in [3.05, 3.63) is 22.3 Å². The van der Waals surface area contributed by atoms with Gasteiger partial charge in [0.2, 0.25) is 0 Å². The molecule has 2 heterocycles. The summed E-state index contributed by atoms with van der Waals surface area (Å²) in [6, 6.07) is 2.12. The van der Waals surface area contributed by atoms with Crippen molar-refractivity contribution in [3.63, 3.8) is 0 Å². The van der Waals surface area contributed by atoms with Crippen molar-refractivity contribution < 1.29 is 4.74 Å². The molecule has 1 aliphatic heterocycles. The first-order valence-corrected chi connectivity index (χ1v) is 6.28. The van der Waals surface area contributed by atoms with E-state index in [-0.39, 0.29) is 5.60 Å². The van der Waals surface area contributed by atoms with E-state index >= 15 is 0 Å². The van der Waals surface area contributed by atoms with Gasteiger partial charge in [-0.25, -0.2) is 4.98 Å². The molecular formula is C12H17BrN2O. The van der Waals surface area contributed by atoms with Gasteiger partial charge in [-0.15, -0.1) is 0 Å². The van der Waals surface area contributed by atoms with Crippen molar-refractivity contribution in [3.8, 4) is 0 Å². The minimum atomic E-state index is -0.0824. The maximum absolute atomic E-state index is 5.69. The van der Waals surface area contributed by atoms with Gasteiger partial charge in [-0.2, -0.15) is 0 Å². The molecule has 88 valence electrons. The van der Waals surface area contributed by atoms with E-state index in [4.69, 9.17) is 4.74 Å². The normalized spacial score (nSPS) is 19.9. The molecule has 1 fully saturated rings. The predicted octanol–water partition coefficient (Wildman–Crippen LogP) is 2.77. The van der Waals surface area contributed by atoms with Crippen LogP contribution in [0, 0.1) is 6.92 Å². The molecule has 1 aromatic rings. The molecule has 1 saturated heterocycles. The van der Waals surface area contributed by atoms with Gasteiger partial charge in [-0.1, -0.05) is 0 Å². The summed E-state index contributed by atoms with van der Waals surface area (Å²) in [5, 5.41) is 0. The van der Waals surface area contributed by atoms with Gasteiger partial charge < -0.3 is 9.64 Å². The Kier molecular flexibility index (Phi) is 3.22. The molecule has 1 aromatic heterocycles. The van der Waals surface area contributed by atoms with Crippen LogP contribution in [0.2, 0.25) is 0 Å². The lowest BCUT2D eigenvalue weighted by molar-refractivity contribution is -0.0279. The van der Waals surface area contributed by atoms with Crippen molar-refractivity contribution in [1.29, 1.82) is 0 Å². The number of pyridine rings is 1. The van der Waals surface area contributed by atoms with Crippen LogP contribution in [0.4, 0.5) is 5.82 Å². The minimum Gasteiger partial charge on any atom is -0.372 e. The molecule has 0 radical (unpaired) electrons. The first-order chi connectivity index (χ1) is 7.48. The second kappa shape index (κ2) is 4.34. The third kappa shape index (κ3) is 2.55. The van der Waals surface area contributed by atoms with E-state index in [1.54, 1.807) is 0 Å². The molecule has 0 atom stereocenters. The van der Waals surface area contributed by atoms with Crippen LogP contribution in [0.3, 0.4) is 0 Å². The van der Waals surface area contributed by atoms with Crippen LogP contribution < -0.4 is 4.90 Å². The van der Waals surface area contributed by atoms with Crippen LogP contribution in [-0.4, -0.2) is 30.3 Å². The van der Waals surface area contributed by atoms with Gasteiger partial charge in [-0.3, -0.25) is 0 Å². The number of aryl methyl sites for hydroxylation is 1. The van der Waals surface area contributed by atoms with Gasteiger partial charge in [0.15, 0.2) is 0 Å². The monoisotopic (exact) mass is 284 g/mol. The standard InChI is InChI=1S/C12H17BrN2O/c1-9-6-11(14-7-10(9)13)15-4-5-16-12(2,3)8-15/h6-7H,4-5,8H2,1-3H3. The molecule has 0 saturated carbocycles. The van der Waals surface area contributed by atoms with Crippen LogP contribution >= 0.6 is 15.9 Å². The molecule has 0 amide bonds. The van der Waals surface area contributed by atoms with Gasteiger partial charge in [-0.05, 0) is 48.3 Å². The Morgan fingerprint density at radius 3 is 2.88 bits per heavy atom. The molecule has 1 aliphatic rings. The Hall–Kier alpha value is -0.610. The summed E-state index contributed by atoms with van der Waals surface area (Å²) < 4.78 is 6.75. The fraction of sp³-hybridized carbons (Fsp3) is 0.583. The quantitative estimate of drug-likeness (QED) is 0.793. The highest BCUT2D eigenvalue weighted by atomic mass is 79.9. The smallest absolute Gasteiger partial charge is 0.128 e. The maximum atomic E-state index is 5.69. The molecule has 0 bridgehead atoms. The molecule has 0 N–H and O–H groups in total. The number of anilines is 1. The van der Waals surface area contributed by atoms with Crippen molar-refractivity contribution in [2.75, 3.05) is 24.6 Å². The van der Waals surface area contributed by atoms with Crippen LogP contribution in [0.15, 0.2) is 16.7 Å². The highest BCUT2D eigenvalue weighted by Gasteiger charge is 2.27. The zero-order valence-electron chi connectivity index (χ0n) is 9.96. The van der Waals surface area contributed by atoms with E-state index in [9.17, 15) is 0 Å². The summed E-state index contributed by atoms with van der Waals surface area (Å²) in [6.07, 6.45) is 1.87. The van der Waals surface area contributed by atoms with Gasteiger partial charge in [0, 0.05) is 23.8 Å². The Bertz CT molecular complexity index is 393. The van der Waals surface area contributed by atoms with E-state index in [0.29, 0.717) is 0 Å². The van der Waals surface area contributed by atoms with Crippen LogP contribution in [-0.2, 0) is 4.74 Å². The third-order valence-electron chi connectivity index (χ3n) is 2.78. The van der Waals surface area contributed by atoms with Gasteiger partial charge >= 0.3 is 0 Å². The van der Waals surface area contributed by atoms with E-state index < -0.39 is 0 Å². The van der Waals surface area contributed by atoms with Crippen LogP contribution in [0.25, 0.3) is 0 Å². The zero-order chi connectivity index (χ0) is 11.8. The van der Waals surface area contributed by atoms with Gasteiger partial charge in [0.05, 0.1) is 12.2 Å². The van der Waals surface area contributed by atoms with Gasteiger partial charge in [0.1, 0.15) is 5.82 Å². The Morgan fingerprint density at radius 2 is 2.25 bits per heavy atom. The number of nitrogens with zero attached hydrogens (tertiary/aromatic N) is 2. The third-order valence-corrected chi connectivity index (χ3v) is 3.61. The first-order valence-electron chi connectivity index (χ1n) is 5.49. The topological polar surface area (TPSA) is 25.4 Å². The number of hydrogen-bond donors (Lipinski definition) is 0. The molecule has 4 heteroatoms.